The Labute approximate surface area is 83.6 Å². The maximum absolute atomic E-state index is 9.79. The molecule has 0 saturated carbocycles. The lowest BCUT2D eigenvalue weighted by molar-refractivity contribution is 0.0150. The summed E-state index contributed by atoms with van der Waals surface area (Å²) in [5.41, 5.74) is -0.578. The number of aromatic nitrogens is 1. The van der Waals surface area contributed by atoms with Crippen molar-refractivity contribution in [3.8, 4) is 0 Å². The van der Waals surface area contributed by atoms with E-state index in [2.05, 4.69) is 9.72 Å². The van der Waals surface area contributed by atoms with Gasteiger partial charge in [-0.1, -0.05) is 6.07 Å². The minimum atomic E-state index is -1.22. The van der Waals surface area contributed by atoms with Gasteiger partial charge in [0.05, 0.1) is 0 Å². The van der Waals surface area contributed by atoms with Gasteiger partial charge in [0.15, 0.2) is 0 Å². The minimum absolute atomic E-state index is 0.578. The van der Waals surface area contributed by atoms with Gasteiger partial charge >= 0.3 is 6.16 Å². The van der Waals surface area contributed by atoms with Crippen LogP contribution in [-0.4, -0.2) is 21.8 Å². The van der Waals surface area contributed by atoms with E-state index in [0.717, 1.165) is 0 Å². The summed E-state index contributed by atoms with van der Waals surface area (Å²) < 4.78 is 4.35. The number of pyridine rings is 1. The van der Waals surface area contributed by atoms with E-state index in [-0.39, 0.29) is 0 Å². The highest BCUT2D eigenvalue weighted by Gasteiger charge is 2.13. The summed E-state index contributed by atoms with van der Waals surface area (Å²) in [6.45, 7) is 5.04. The molecule has 0 radical (unpaired) electrons. The first kappa shape index (κ1) is 12.4. The Morgan fingerprint density at radius 1 is 1.21 bits per heavy atom. The molecule has 0 bridgehead atoms. The van der Waals surface area contributed by atoms with Gasteiger partial charge in [-0.05, 0) is 32.9 Å². The van der Waals surface area contributed by atoms with Crippen molar-refractivity contribution in [2.75, 3.05) is 0 Å². The van der Waals surface area contributed by atoms with Gasteiger partial charge < -0.3 is 9.84 Å². The Morgan fingerprint density at radius 2 is 1.71 bits per heavy atom. The van der Waals surface area contributed by atoms with E-state index in [0.29, 0.717) is 0 Å². The van der Waals surface area contributed by atoms with Gasteiger partial charge in [0.2, 0.25) is 0 Å². The Kier molecular flexibility index (Phi) is 5.29. The van der Waals surface area contributed by atoms with Crippen molar-refractivity contribution in [3.63, 3.8) is 0 Å². The van der Waals surface area contributed by atoms with E-state index >= 15 is 0 Å². The number of carboxylic acid groups (broad SMARTS) is 1. The summed E-state index contributed by atoms with van der Waals surface area (Å²) in [6, 6.07) is 5.72. The summed E-state index contributed by atoms with van der Waals surface area (Å²) in [7, 11) is 0. The van der Waals surface area contributed by atoms with Gasteiger partial charge in [-0.25, -0.2) is 4.79 Å². The highest BCUT2D eigenvalue weighted by molar-refractivity contribution is 5.57. The van der Waals surface area contributed by atoms with Crippen LogP contribution < -0.4 is 0 Å². The van der Waals surface area contributed by atoms with Crippen molar-refractivity contribution in [3.05, 3.63) is 30.6 Å². The summed E-state index contributed by atoms with van der Waals surface area (Å²) >= 11 is 0. The average Bonchev–Trinajstić information content (AvgIpc) is 2.03. The predicted octanol–water partition coefficient (Wildman–Crippen LogP) is 2.56. The number of hydrogen-bond donors (Lipinski definition) is 1. The molecule has 4 nitrogen and oxygen atoms in total. The standard InChI is InChI=1S/C5H5N.C5H10O3/c1-2-4-6-5-3-1;1-5(2,3)8-4(6)7/h1-5H;1-3H3,(H,6,7). The summed E-state index contributed by atoms with van der Waals surface area (Å²) in [6.07, 6.45) is 2.28. The molecular formula is C10H15NO3. The second kappa shape index (κ2) is 5.96. The molecule has 0 saturated heterocycles. The molecule has 0 fully saturated rings. The molecule has 0 amide bonds. The molecule has 0 atom stereocenters. The van der Waals surface area contributed by atoms with Gasteiger partial charge in [0.1, 0.15) is 5.60 Å². The number of rotatable bonds is 0. The third-order valence-corrected chi connectivity index (χ3v) is 0.960. The summed E-state index contributed by atoms with van der Waals surface area (Å²) in [4.78, 5) is 13.6. The van der Waals surface area contributed by atoms with Crippen molar-refractivity contribution < 1.29 is 14.6 Å². The second-order valence-electron chi connectivity index (χ2n) is 3.50. The molecule has 0 aliphatic rings. The Balaban J connectivity index is 0.000000249. The molecule has 1 aromatic rings. The normalized spacial score (nSPS) is 9.64. The minimum Gasteiger partial charge on any atom is -0.450 e. The molecule has 4 heteroatoms. The van der Waals surface area contributed by atoms with Crippen LogP contribution in [0.2, 0.25) is 0 Å². The van der Waals surface area contributed by atoms with Gasteiger partial charge in [-0.15, -0.1) is 0 Å². The lowest BCUT2D eigenvalue weighted by Gasteiger charge is -2.15. The smallest absolute Gasteiger partial charge is 0.450 e. The SMILES string of the molecule is CC(C)(C)OC(=O)O.c1ccncc1. The van der Waals surface area contributed by atoms with Gasteiger partial charge in [-0.2, -0.15) is 0 Å². The molecule has 78 valence electrons. The quantitative estimate of drug-likeness (QED) is 0.649. The molecule has 0 aliphatic heterocycles. The Bertz CT molecular complexity index is 227. The zero-order chi connectivity index (χ0) is 11.0. The van der Waals surface area contributed by atoms with Crippen LogP contribution in [0.25, 0.3) is 0 Å². The van der Waals surface area contributed by atoms with Crippen molar-refractivity contribution in [2.45, 2.75) is 26.4 Å². The fourth-order valence-electron chi connectivity index (χ4n) is 0.575. The first-order chi connectivity index (χ1) is 6.42. The molecule has 1 N–H and O–H groups in total. The maximum atomic E-state index is 9.79. The van der Waals surface area contributed by atoms with Crippen molar-refractivity contribution in [1.82, 2.24) is 4.98 Å². The number of carbonyl (C=O) groups is 1. The van der Waals surface area contributed by atoms with Crippen molar-refractivity contribution in [1.29, 1.82) is 0 Å². The van der Waals surface area contributed by atoms with Crippen LogP contribution in [0.4, 0.5) is 4.79 Å². The average molecular weight is 197 g/mol. The highest BCUT2D eigenvalue weighted by atomic mass is 16.7. The van der Waals surface area contributed by atoms with E-state index in [1.165, 1.54) is 0 Å². The third kappa shape index (κ3) is 10.4. The number of ether oxygens (including phenoxy) is 1. The predicted molar refractivity (Wildman–Crippen MR) is 53.1 cm³/mol. The third-order valence-electron chi connectivity index (χ3n) is 0.960. The second-order valence-corrected chi connectivity index (χ2v) is 3.50. The topological polar surface area (TPSA) is 59.4 Å². The van der Waals surface area contributed by atoms with Crippen molar-refractivity contribution in [2.24, 2.45) is 0 Å². The zero-order valence-electron chi connectivity index (χ0n) is 8.60. The lowest BCUT2D eigenvalue weighted by Crippen LogP contribution is -2.22. The van der Waals surface area contributed by atoms with Gasteiger partial charge in [0, 0.05) is 12.4 Å². The summed E-state index contributed by atoms with van der Waals surface area (Å²) in [5.74, 6) is 0. The molecule has 0 unspecified atom stereocenters. The highest BCUT2D eigenvalue weighted by Crippen LogP contribution is 2.05. The van der Waals surface area contributed by atoms with E-state index in [9.17, 15) is 4.79 Å². The zero-order valence-corrected chi connectivity index (χ0v) is 8.60. The molecular weight excluding hydrogens is 182 g/mol. The van der Waals surface area contributed by atoms with Gasteiger partial charge in [0.25, 0.3) is 0 Å². The Hall–Kier alpha value is -1.58. The molecule has 1 rings (SSSR count). The number of hydrogen-bond acceptors (Lipinski definition) is 3. The summed E-state index contributed by atoms with van der Waals surface area (Å²) in [5, 5.41) is 8.03. The lowest BCUT2D eigenvalue weighted by atomic mass is 10.2. The van der Waals surface area contributed by atoms with Crippen LogP contribution in [0.3, 0.4) is 0 Å². The van der Waals surface area contributed by atoms with Crippen LogP contribution >= 0.6 is 0 Å². The molecule has 1 heterocycles. The molecule has 0 aliphatic carbocycles. The molecule has 0 spiro atoms. The van der Waals surface area contributed by atoms with Crippen LogP contribution in [0.1, 0.15) is 20.8 Å². The fraction of sp³-hybridized carbons (Fsp3) is 0.400. The fourth-order valence-corrected chi connectivity index (χ4v) is 0.575. The van der Waals surface area contributed by atoms with E-state index in [1.807, 2.05) is 18.2 Å². The first-order valence-electron chi connectivity index (χ1n) is 4.19. The van der Waals surface area contributed by atoms with E-state index < -0.39 is 11.8 Å². The molecule has 1 aromatic heterocycles. The van der Waals surface area contributed by atoms with Crippen molar-refractivity contribution >= 4 is 6.16 Å². The van der Waals surface area contributed by atoms with Crippen LogP contribution in [0.5, 0.6) is 0 Å². The Morgan fingerprint density at radius 3 is 1.79 bits per heavy atom. The largest absolute Gasteiger partial charge is 0.506 e. The monoisotopic (exact) mass is 197 g/mol. The van der Waals surface area contributed by atoms with Gasteiger partial charge in [-0.3, -0.25) is 4.98 Å². The molecule has 14 heavy (non-hydrogen) atoms. The van der Waals surface area contributed by atoms with Crippen LogP contribution in [-0.2, 0) is 4.74 Å². The maximum Gasteiger partial charge on any atom is 0.506 e. The van der Waals surface area contributed by atoms with E-state index in [1.54, 1.807) is 33.2 Å². The molecule has 0 aromatic carbocycles. The van der Waals surface area contributed by atoms with E-state index in [4.69, 9.17) is 5.11 Å². The number of nitrogens with zero attached hydrogens (tertiary/aromatic N) is 1. The van der Waals surface area contributed by atoms with Crippen LogP contribution in [0.15, 0.2) is 30.6 Å². The van der Waals surface area contributed by atoms with Crippen LogP contribution in [0, 0.1) is 0 Å². The first-order valence-corrected chi connectivity index (χ1v) is 4.19.